The molecule has 122 valence electrons. The first-order valence-electron chi connectivity index (χ1n) is 7.55. The second kappa shape index (κ2) is 6.52. The molecule has 4 nitrogen and oxygen atoms in total. The molecule has 1 unspecified atom stereocenters. The SMILES string of the molecule is CN(C)C(=O)C1CNCCN1C1CCC(C(F)(F)F)CC1. The number of alkyl halides is 3. The number of nitrogens with zero attached hydrogens (tertiary/aromatic N) is 2. The summed E-state index contributed by atoms with van der Waals surface area (Å²) >= 11 is 0. The van der Waals surface area contributed by atoms with Gasteiger partial charge in [0.25, 0.3) is 0 Å². The summed E-state index contributed by atoms with van der Waals surface area (Å²) in [5.74, 6) is -1.14. The number of halogens is 3. The lowest BCUT2D eigenvalue weighted by molar-refractivity contribution is -0.185. The smallest absolute Gasteiger partial charge is 0.347 e. The maximum atomic E-state index is 12.7. The first-order valence-corrected chi connectivity index (χ1v) is 7.55. The topological polar surface area (TPSA) is 35.6 Å². The predicted octanol–water partition coefficient (Wildman–Crippen LogP) is 1.47. The van der Waals surface area contributed by atoms with Crippen LogP contribution in [-0.2, 0) is 4.79 Å². The Morgan fingerprint density at radius 2 is 1.81 bits per heavy atom. The van der Waals surface area contributed by atoms with Crippen molar-refractivity contribution in [3.63, 3.8) is 0 Å². The lowest BCUT2D eigenvalue weighted by atomic mass is 9.84. The van der Waals surface area contributed by atoms with E-state index in [1.807, 2.05) is 0 Å². The number of likely N-dealkylation sites (N-methyl/N-ethyl adjacent to an activating group) is 1. The molecule has 2 aliphatic rings. The van der Waals surface area contributed by atoms with Gasteiger partial charge in [-0.1, -0.05) is 0 Å². The minimum Gasteiger partial charge on any atom is -0.347 e. The second-order valence-electron chi connectivity index (χ2n) is 6.24. The quantitative estimate of drug-likeness (QED) is 0.839. The molecule has 21 heavy (non-hydrogen) atoms. The minimum absolute atomic E-state index is 0.0279. The molecule has 0 aromatic carbocycles. The number of nitrogens with one attached hydrogen (secondary N) is 1. The number of hydrogen-bond donors (Lipinski definition) is 1. The third-order valence-corrected chi connectivity index (χ3v) is 4.64. The van der Waals surface area contributed by atoms with Crippen molar-refractivity contribution in [2.24, 2.45) is 5.92 Å². The molecule has 1 aliphatic heterocycles. The summed E-state index contributed by atoms with van der Waals surface area (Å²) in [6, 6.07) is -0.152. The fourth-order valence-electron chi connectivity index (χ4n) is 3.42. The van der Waals surface area contributed by atoms with Gasteiger partial charge in [-0.3, -0.25) is 9.69 Å². The van der Waals surface area contributed by atoms with Gasteiger partial charge in [0, 0.05) is 39.8 Å². The highest BCUT2D eigenvalue weighted by Gasteiger charge is 2.43. The van der Waals surface area contributed by atoms with Gasteiger partial charge in [0.15, 0.2) is 0 Å². The van der Waals surface area contributed by atoms with E-state index >= 15 is 0 Å². The molecule has 1 atom stereocenters. The van der Waals surface area contributed by atoms with Gasteiger partial charge in [0.2, 0.25) is 5.91 Å². The van der Waals surface area contributed by atoms with Crippen molar-refractivity contribution >= 4 is 5.91 Å². The Hall–Kier alpha value is -0.820. The molecule has 1 saturated carbocycles. The Morgan fingerprint density at radius 3 is 2.33 bits per heavy atom. The number of carbonyl (C=O) groups excluding carboxylic acids is 1. The van der Waals surface area contributed by atoms with Crippen LogP contribution in [0.25, 0.3) is 0 Å². The van der Waals surface area contributed by atoms with Crippen LogP contribution in [0.1, 0.15) is 25.7 Å². The van der Waals surface area contributed by atoms with Crippen LogP contribution in [0.3, 0.4) is 0 Å². The number of carbonyl (C=O) groups is 1. The fourth-order valence-corrected chi connectivity index (χ4v) is 3.42. The molecule has 1 N–H and O–H groups in total. The number of amides is 1. The largest absolute Gasteiger partial charge is 0.391 e. The van der Waals surface area contributed by atoms with Gasteiger partial charge < -0.3 is 10.2 Å². The van der Waals surface area contributed by atoms with Gasteiger partial charge in [0.05, 0.1) is 5.92 Å². The molecule has 0 radical (unpaired) electrons. The van der Waals surface area contributed by atoms with Crippen molar-refractivity contribution in [3.05, 3.63) is 0 Å². The highest BCUT2D eigenvalue weighted by molar-refractivity contribution is 5.81. The minimum atomic E-state index is -4.08. The standard InChI is InChI=1S/C14H24F3N3O/c1-19(2)13(21)12-9-18-7-8-20(12)11-5-3-10(4-6-11)14(15,16)17/h10-12,18H,3-9H2,1-2H3. The van der Waals surface area contributed by atoms with Crippen molar-refractivity contribution in [2.45, 2.75) is 43.9 Å². The lowest BCUT2D eigenvalue weighted by Crippen LogP contribution is -2.61. The van der Waals surface area contributed by atoms with Crippen LogP contribution in [0.2, 0.25) is 0 Å². The fraction of sp³-hybridized carbons (Fsp3) is 0.929. The molecule has 1 amide bonds. The summed E-state index contributed by atoms with van der Waals surface area (Å²) in [4.78, 5) is 15.9. The van der Waals surface area contributed by atoms with Gasteiger partial charge in [-0.2, -0.15) is 13.2 Å². The zero-order valence-corrected chi connectivity index (χ0v) is 12.6. The third-order valence-electron chi connectivity index (χ3n) is 4.64. The zero-order valence-electron chi connectivity index (χ0n) is 12.6. The first kappa shape index (κ1) is 16.5. The van der Waals surface area contributed by atoms with Gasteiger partial charge >= 0.3 is 6.18 Å². The average Bonchev–Trinajstić information content (AvgIpc) is 2.45. The maximum absolute atomic E-state index is 12.7. The lowest BCUT2D eigenvalue weighted by Gasteiger charge is -2.44. The Morgan fingerprint density at radius 1 is 1.19 bits per heavy atom. The van der Waals surface area contributed by atoms with E-state index in [-0.39, 0.29) is 30.8 Å². The molecule has 2 fully saturated rings. The van der Waals surface area contributed by atoms with E-state index in [4.69, 9.17) is 0 Å². The molecule has 1 saturated heterocycles. The van der Waals surface area contributed by atoms with Crippen molar-refractivity contribution in [1.82, 2.24) is 15.1 Å². The highest BCUT2D eigenvalue weighted by atomic mass is 19.4. The second-order valence-corrected chi connectivity index (χ2v) is 6.24. The first-order chi connectivity index (χ1) is 9.80. The summed E-state index contributed by atoms with van der Waals surface area (Å²) < 4.78 is 38.2. The average molecular weight is 307 g/mol. The molecule has 7 heteroatoms. The maximum Gasteiger partial charge on any atom is 0.391 e. The summed E-state index contributed by atoms with van der Waals surface area (Å²) in [6.07, 6.45) is -2.65. The molecule has 0 aromatic heterocycles. The van der Waals surface area contributed by atoms with Gasteiger partial charge in [0.1, 0.15) is 6.04 Å². The Labute approximate surface area is 123 Å². The van der Waals surface area contributed by atoms with Crippen LogP contribution in [-0.4, -0.2) is 67.7 Å². The van der Waals surface area contributed by atoms with E-state index in [0.29, 0.717) is 19.4 Å². The Bertz CT molecular complexity index is 365. The third kappa shape index (κ3) is 3.88. The van der Waals surface area contributed by atoms with Gasteiger partial charge in [-0.05, 0) is 25.7 Å². The highest BCUT2D eigenvalue weighted by Crippen LogP contribution is 2.39. The van der Waals surface area contributed by atoms with E-state index in [1.165, 1.54) is 0 Å². The number of rotatable bonds is 2. The van der Waals surface area contributed by atoms with Crippen LogP contribution in [0, 0.1) is 5.92 Å². The molecule has 0 bridgehead atoms. The van der Waals surface area contributed by atoms with Crippen LogP contribution in [0.15, 0.2) is 0 Å². The van der Waals surface area contributed by atoms with Crippen LogP contribution in [0.5, 0.6) is 0 Å². The molecular weight excluding hydrogens is 283 g/mol. The van der Waals surface area contributed by atoms with Crippen molar-refractivity contribution in [1.29, 1.82) is 0 Å². The number of piperazine rings is 1. The normalized spacial score (nSPS) is 32.0. The van der Waals surface area contributed by atoms with Gasteiger partial charge in [-0.15, -0.1) is 0 Å². The van der Waals surface area contributed by atoms with Crippen molar-refractivity contribution in [2.75, 3.05) is 33.7 Å². The Kier molecular flexibility index (Phi) is 5.14. The zero-order chi connectivity index (χ0) is 15.6. The molecule has 0 spiro atoms. The van der Waals surface area contributed by atoms with Crippen molar-refractivity contribution in [3.8, 4) is 0 Å². The Balaban J connectivity index is 1.98. The summed E-state index contributed by atoms with van der Waals surface area (Å²) in [6.45, 7) is 2.10. The van der Waals surface area contributed by atoms with E-state index in [9.17, 15) is 18.0 Å². The van der Waals surface area contributed by atoms with Crippen LogP contribution >= 0.6 is 0 Å². The number of hydrogen-bond acceptors (Lipinski definition) is 3. The molecule has 1 heterocycles. The molecular formula is C14H24F3N3O. The molecule has 2 rings (SSSR count). The summed E-state index contributed by atoms with van der Waals surface area (Å²) in [7, 11) is 3.44. The van der Waals surface area contributed by atoms with Gasteiger partial charge in [-0.25, -0.2) is 0 Å². The van der Waals surface area contributed by atoms with Crippen molar-refractivity contribution < 1.29 is 18.0 Å². The van der Waals surface area contributed by atoms with E-state index < -0.39 is 12.1 Å². The monoisotopic (exact) mass is 307 g/mol. The molecule has 0 aromatic rings. The van der Waals surface area contributed by atoms with E-state index in [0.717, 1.165) is 13.1 Å². The summed E-state index contributed by atoms with van der Waals surface area (Å²) in [5.41, 5.74) is 0. The van der Waals surface area contributed by atoms with E-state index in [1.54, 1.807) is 19.0 Å². The van der Waals surface area contributed by atoms with Crippen LogP contribution < -0.4 is 5.32 Å². The van der Waals surface area contributed by atoms with E-state index in [2.05, 4.69) is 10.2 Å². The van der Waals surface area contributed by atoms with Crippen LogP contribution in [0.4, 0.5) is 13.2 Å². The predicted molar refractivity (Wildman–Crippen MR) is 73.9 cm³/mol. The molecule has 1 aliphatic carbocycles. The summed E-state index contributed by atoms with van der Waals surface area (Å²) in [5, 5.41) is 3.20.